The van der Waals surface area contributed by atoms with E-state index >= 15 is 0 Å². The zero-order valence-electron chi connectivity index (χ0n) is 12.8. The largest absolute Gasteiger partial charge is 0.352 e. The van der Waals surface area contributed by atoms with Crippen molar-refractivity contribution >= 4 is 17.5 Å². The third-order valence-electron chi connectivity index (χ3n) is 4.94. The second-order valence-corrected chi connectivity index (χ2v) is 6.92. The summed E-state index contributed by atoms with van der Waals surface area (Å²) in [7, 11) is 0. The first kappa shape index (κ1) is 14.7. The lowest BCUT2D eigenvalue weighted by Crippen LogP contribution is -2.29. The fraction of sp³-hybridized carbons (Fsp3) is 0.316. The molecular weight excluding hydrogens is 308 g/mol. The molecule has 2 aromatic carbocycles. The van der Waals surface area contributed by atoms with Gasteiger partial charge in [0, 0.05) is 42.7 Å². The monoisotopic (exact) mass is 326 g/mol. The SMILES string of the molecule is O=C1NC[C@@H]2CN(Cc3cccc(Cl)c3)C[C@H]2c2ccccc21. The van der Waals surface area contributed by atoms with Crippen LogP contribution in [0.2, 0.25) is 5.02 Å². The Morgan fingerprint density at radius 1 is 1.13 bits per heavy atom. The number of amides is 1. The molecule has 2 aliphatic heterocycles. The van der Waals surface area contributed by atoms with Gasteiger partial charge in [0.2, 0.25) is 0 Å². The van der Waals surface area contributed by atoms with Crippen LogP contribution in [0.3, 0.4) is 0 Å². The Bertz CT molecular complexity index is 746. The van der Waals surface area contributed by atoms with Gasteiger partial charge in [-0.1, -0.05) is 41.9 Å². The summed E-state index contributed by atoms with van der Waals surface area (Å²) >= 11 is 6.09. The average molecular weight is 327 g/mol. The first-order chi connectivity index (χ1) is 11.2. The average Bonchev–Trinajstić information content (AvgIpc) is 2.90. The minimum atomic E-state index is 0.0661. The van der Waals surface area contributed by atoms with Crippen LogP contribution < -0.4 is 5.32 Å². The summed E-state index contributed by atoms with van der Waals surface area (Å²) < 4.78 is 0. The van der Waals surface area contributed by atoms with E-state index in [0.717, 1.165) is 36.8 Å². The fourth-order valence-electron chi connectivity index (χ4n) is 3.89. The number of hydrogen-bond acceptors (Lipinski definition) is 2. The second-order valence-electron chi connectivity index (χ2n) is 6.49. The topological polar surface area (TPSA) is 32.3 Å². The number of benzene rings is 2. The number of fused-ring (bicyclic) bond motifs is 3. The molecule has 0 unspecified atom stereocenters. The summed E-state index contributed by atoms with van der Waals surface area (Å²) in [5, 5.41) is 3.86. The van der Waals surface area contributed by atoms with Crippen LogP contribution in [0.5, 0.6) is 0 Å². The van der Waals surface area contributed by atoms with Crippen LogP contribution in [0.15, 0.2) is 48.5 Å². The zero-order valence-corrected chi connectivity index (χ0v) is 13.6. The van der Waals surface area contributed by atoms with Gasteiger partial charge in [-0.05, 0) is 35.2 Å². The molecule has 118 valence electrons. The van der Waals surface area contributed by atoms with E-state index in [1.807, 2.05) is 36.4 Å². The third kappa shape index (κ3) is 2.87. The van der Waals surface area contributed by atoms with Crippen molar-refractivity contribution in [1.82, 2.24) is 10.2 Å². The normalized spacial score (nSPS) is 23.8. The molecule has 0 aromatic heterocycles. The van der Waals surface area contributed by atoms with Gasteiger partial charge in [-0.2, -0.15) is 0 Å². The second kappa shape index (κ2) is 5.99. The molecule has 3 nitrogen and oxygen atoms in total. The highest BCUT2D eigenvalue weighted by Gasteiger charge is 2.37. The van der Waals surface area contributed by atoms with Crippen molar-refractivity contribution in [3.8, 4) is 0 Å². The minimum absolute atomic E-state index is 0.0661. The Kier molecular flexibility index (Phi) is 3.83. The molecule has 4 rings (SSSR count). The van der Waals surface area contributed by atoms with Crippen molar-refractivity contribution in [2.75, 3.05) is 19.6 Å². The van der Waals surface area contributed by atoms with Gasteiger partial charge in [-0.3, -0.25) is 9.69 Å². The molecule has 1 amide bonds. The molecule has 23 heavy (non-hydrogen) atoms. The number of likely N-dealkylation sites (tertiary alicyclic amines) is 1. The molecule has 0 bridgehead atoms. The molecule has 2 aliphatic rings. The summed E-state index contributed by atoms with van der Waals surface area (Å²) in [5.41, 5.74) is 3.27. The third-order valence-corrected chi connectivity index (χ3v) is 5.18. The van der Waals surface area contributed by atoms with E-state index in [4.69, 9.17) is 11.6 Å². The highest BCUT2D eigenvalue weighted by atomic mass is 35.5. The van der Waals surface area contributed by atoms with Crippen LogP contribution in [-0.2, 0) is 6.54 Å². The fourth-order valence-corrected chi connectivity index (χ4v) is 4.10. The van der Waals surface area contributed by atoms with Gasteiger partial charge in [0.1, 0.15) is 0 Å². The van der Waals surface area contributed by atoms with Crippen molar-refractivity contribution < 1.29 is 4.79 Å². The lowest BCUT2D eigenvalue weighted by atomic mass is 9.87. The maximum Gasteiger partial charge on any atom is 0.251 e. The molecule has 2 heterocycles. The summed E-state index contributed by atoms with van der Waals surface area (Å²) in [5.74, 6) is 0.961. The molecule has 4 heteroatoms. The van der Waals surface area contributed by atoms with Gasteiger partial charge in [-0.15, -0.1) is 0 Å². The van der Waals surface area contributed by atoms with E-state index < -0.39 is 0 Å². The van der Waals surface area contributed by atoms with Gasteiger partial charge in [0.05, 0.1) is 0 Å². The van der Waals surface area contributed by atoms with Gasteiger partial charge in [-0.25, -0.2) is 0 Å². The Labute approximate surface area is 141 Å². The highest BCUT2D eigenvalue weighted by molar-refractivity contribution is 6.30. The highest BCUT2D eigenvalue weighted by Crippen LogP contribution is 2.36. The first-order valence-corrected chi connectivity index (χ1v) is 8.42. The lowest BCUT2D eigenvalue weighted by Gasteiger charge is -2.17. The minimum Gasteiger partial charge on any atom is -0.352 e. The van der Waals surface area contributed by atoms with Crippen molar-refractivity contribution in [3.63, 3.8) is 0 Å². The Balaban J connectivity index is 1.57. The standard InChI is InChI=1S/C19H19ClN2O/c20-15-5-3-4-13(8-15)10-22-11-14-9-21-19(23)17-7-2-1-6-16(17)18(14)12-22/h1-8,14,18H,9-12H2,(H,21,23)/t14-,18-/m1/s1. The van der Waals surface area contributed by atoms with Crippen LogP contribution in [0.4, 0.5) is 0 Å². The number of nitrogens with zero attached hydrogens (tertiary/aromatic N) is 1. The molecule has 0 aliphatic carbocycles. The number of halogens is 1. The van der Waals surface area contributed by atoms with Crippen molar-refractivity contribution in [3.05, 3.63) is 70.2 Å². The molecule has 0 spiro atoms. The summed E-state index contributed by atoms with van der Waals surface area (Å²) in [6.07, 6.45) is 0. The van der Waals surface area contributed by atoms with Crippen LogP contribution in [0, 0.1) is 5.92 Å². The summed E-state index contributed by atoms with van der Waals surface area (Å²) in [6, 6.07) is 16.1. The molecule has 1 N–H and O–H groups in total. The van der Waals surface area contributed by atoms with Crippen LogP contribution in [0.25, 0.3) is 0 Å². The maximum absolute atomic E-state index is 12.2. The smallest absolute Gasteiger partial charge is 0.251 e. The Hall–Kier alpha value is -1.84. The van der Waals surface area contributed by atoms with Crippen LogP contribution in [0.1, 0.15) is 27.4 Å². The van der Waals surface area contributed by atoms with Crippen LogP contribution >= 0.6 is 11.6 Å². The van der Waals surface area contributed by atoms with Gasteiger partial charge in [0.15, 0.2) is 0 Å². The van der Waals surface area contributed by atoms with E-state index in [1.54, 1.807) is 0 Å². The number of carbonyl (C=O) groups is 1. The number of carbonyl (C=O) groups excluding carboxylic acids is 1. The van der Waals surface area contributed by atoms with Crippen molar-refractivity contribution in [1.29, 1.82) is 0 Å². The Morgan fingerprint density at radius 3 is 2.87 bits per heavy atom. The molecule has 1 saturated heterocycles. The molecule has 2 aromatic rings. The van der Waals surface area contributed by atoms with E-state index in [1.165, 1.54) is 11.1 Å². The van der Waals surface area contributed by atoms with E-state index in [9.17, 15) is 4.79 Å². The predicted molar refractivity (Wildman–Crippen MR) is 91.7 cm³/mol. The lowest BCUT2D eigenvalue weighted by molar-refractivity contribution is 0.0951. The van der Waals surface area contributed by atoms with Crippen molar-refractivity contribution in [2.45, 2.75) is 12.5 Å². The molecule has 1 fully saturated rings. The van der Waals surface area contributed by atoms with Gasteiger partial charge < -0.3 is 5.32 Å². The van der Waals surface area contributed by atoms with E-state index in [0.29, 0.717) is 11.8 Å². The number of hydrogen-bond donors (Lipinski definition) is 1. The molecular formula is C19H19ClN2O. The molecule has 0 radical (unpaired) electrons. The summed E-state index contributed by atoms with van der Waals surface area (Å²) in [6.45, 7) is 3.66. The van der Waals surface area contributed by atoms with Crippen LogP contribution in [-0.4, -0.2) is 30.4 Å². The van der Waals surface area contributed by atoms with Gasteiger partial charge >= 0.3 is 0 Å². The van der Waals surface area contributed by atoms with E-state index in [-0.39, 0.29) is 5.91 Å². The maximum atomic E-state index is 12.2. The zero-order chi connectivity index (χ0) is 15.8. The molecule has 2 atom stereocenters. The summed E-state index contributed by atoms with van der Waals surface area (Å²) in [4.78, 5) is 14.7. The van der Waals surface area contributed by atoms with Gasteiger partial charge in [0.25, 0.3) is 5.91 Å². The number of rotatable bonds is 2. The van der Waals surface area contributed by atoms with Crippen molar-refractivity contribution in [2.24, 2.45) is 5.92 Å². The quantitative estimate of drug-likeness (QED) is 0.918. The molecule has 0 saturated carbocycles. The Morgan fingerprint density at radius 2 is 2.00 bits per heavy atom. The number of nitrogens with one attached hydrogen (secondary N) is 1. The first-order valence-electron chi connectivity index (χ1n) is 8.04. The predicted octanol–water partition coefficient (Wildman–Crippen LogP) is 3.30. The van der Waals surface area contributed by atoms with E-state index in [2.05, 4.69) is 22.3 Å².